The molecular weight excluding hydrogens is 849 g/mol. The molecule has 4 heteroatoms. The Morgan fingerprint density at radius 2 is 0.671 bits per heavy atom. The Labute approximate surface area is 406 Å². The number of hydrogen-bond donors (Lipinski definition) is 0. The van der Waals surface area contributed by atoms with E-state index < -0.39 is 0 Å². The Hall–Kier alpha value is -9.56. The average Bonchev–Trinajstić information content (AvgIpc) is 3.77. The third kappa shape index (κ3) is 7.31. The molecule has 0 amide bonds. The third-order valence-electron chi connectivity index (χ3n) is 13.7. The van der Waals surface area contributed by atoms with Crippen molar-refractivity contribution in [3.8, 4) is 118 Å². The molecule has 0 radical (unpaired) electrons. The molecule has 0 aliphatic heterocycles. The highest BCUT2D eigenvalue weighted by Crippen LogP contribution is 2.48. The molecule has 0 atom stereocenters. The highest BCUT2D eigenvalue weighted by atomic mass is 15.0. The number of nitriles is 1. The summed E-state index contributed by atoms with van der Waals surface area (Å²) < 4.78 is 0. The second-order valence-corrected chi connectivity index (χ2v) is 17.9. The number of rotatable bonds is 8. The van der Waals surface area contributed by atoms with Gasteiger partial charge in [-0.15, -0.1) is 0 Å². The van der Waals surface area contributed by atoms with Crippen LogP contribution in [0, 0.1) is 11.3 Å². The zero-order valence-corrected chi connectivity index (χ0v) is 37.9. The van der Waals surface area contributed by atoms with Crippen molar-refractivity contribution in [3.63, 3.8) is 0 Å². The Morgan fingerprint density at radius 3 is 1.36 bits per heavy atom. The van der Waals surface area contributed by atoms with Gasteiger partial charge in [0.2, 0.25) is 0 Å². The van der Waals surface area contributed by atoms with Gasteiger partial charge in [0.05, 0.1) is 11.6 Å². The molecule has 1 aliphatic rings. The first-order valence-electron chi connectivity index (χ1n) is 23.5. The maximum atomic E-state index is 10.5. The molecule has 11 aromatic carbocycles. The topological polar surface area (TPSA) is 62.5 Å². The van der Waals surface area contributed by atoms with E-state index in [-0.39, 0.29) is 0 Å². The molecule has 1 heterocycles. The van der Waals surface area contributed by atoms with E-state index in [1.165, 1.54) is 54.9 Å². The molecule has 0 fully saturated rings. The molecule has 4 nitrogen and oxygen atoms in total. The van der Waals surface area contributed by atoms with Crippen LogP contribution in [-0.4, -0.2) is 15.0 Å². The van der Waals surface area contributed by atoms with Crippen LogP contribution in [0.2, 0.25) is 0 Å². The molecule has 70 heavy (non-hydrogen) atoms. The maximum absolute atomic E-state index is 10.5. The number of fused-ring (bicyclic) bond motifs is 4. The van der Waals surface area contributed by atoms with E-state index in [1.807, 2.05) is 60.7 Å². The molecular formula is C66H40N4. The van der Waals surface area contributed by atoms with Crippen molar-refractivity contribution in [2.75, 3.05) is 0 Å². The molecule has 13 rings (SSSR count). The molecule has 0 spiro atoms. The zero-order chi connectivity index (χ0) is 46.5. The van der Waals surface area contributed by atoms with Gasteiger partial charge >= 0.3 is 0 Å². The van der Waals surface area contributed by atoms with Gasteiger partial charge in [-0.3, -0.25) is 0 Å². The standard InChI is InChI=1S/C66H40N4/c67-41-57-39-54(51-17-6-16-50(36-51)43-22-24-44(25-23-43)55-33-35-59-60-20-8-14-46-15-9-21-61(63(46)60)62(59)40-55)32-34-58(57)45-27-29-48(30-28-45)65-68-64(47-11-2-1-3-12-47)69-66(70-65)56-19-7-18-52(38-56)53-31-26-42-10-4-5-13-49(42)37-53/h1-40H. The molecule has 0 N–H and O–H groups in total. The van der Waals surface area contributed by atoms with Crippen LogP contribution < -0.4 is 0 Å². The van der Waals surface area contributed by atoms with Gasteiger partial charge in [0.25, 0.3) is 0 Å². The van der Waals surface area contributed by atoms with Crippen molar-refractivity contribution in [1.29, 1.82) is 5.26 Å². The zero-order valence-electron chi connectivity index (χ0n) is 37.9. The second kappa shape index (κ2) is 16.9. The lowest BCUT2D eigenvalue weighted by Crippen LogP contribution is -2.00. The summed E-state index contributed by atoms with van der Waals surface area (Å²) in [6, 6.07) is 87.6. The van der Waals surface area contributed by atoms with E-state index in [4.69, 9.17) is 15.0 Å². The van der Waals surface area contributed by atoms with Gasteiger partial charge in [-0.2, -0.15) is 5.26 Å². The van der Waals surface area contributed by atoms with Gasteiger partial charge < -0.3 is 0 Å². The Bertz CT molecular complexity index is 4050. The van der Waals surface area contributed by atoms with Crippen LogP contribution in [0.4, 0.5) is 0 Å². The van der Waals surface area contributed by atoms with Crippen LogP contribution >= 0.6 is 0 Å². The van der Waals surface area contributed by atoms with E-state index in [1.54, 1.807) is 0 Å². The summed E-state index contributed by atoms with van der Waals surface area (Å²) in [6.45, 7) is 0. The lowest BCUT2D eigenvalue weighted by Gasteiger charge is -2.12. The predicted molar refractivity (Wildman–Crippen MR) is 287 cm³/mol. The van der Waals surface area contributed by atoms with Gasteiger partial charge in [0, 0.05) is 16.7 Å². The number of hydrogen-bond acceptors (Lipinski definition) is 4. The van der Waals surface area contributed by atoms with Crippen LogP contribution in [0.3, 0.4) is 0 Å². The largest absolute Gasteiger partial charge is 0.208 e. The van der Waals surface area contributed by atoms with E-state index in [0.29, 0.717) is 23.0 Å². The van der Waals surface area contributed by atoms with Crippen molar-refractivity contribution in [2.24, 2.45) is 0 Å². The summed E-state index contributed by atoms with van der Waals surface area (Å²) in [5.74, 6) is 1.77. The molecule has 0 unspecified atom stereocenters. The summed E-state index contributed by atoms with van der Waals surface area (Å²) in [6.07, 6.45) is 0. The van der Waals surface area contributed by atoms with E-state index in [0.717, 1.165) is 61.2 Å². The molecule has 1 aliphatic carbocycles. The minimum absolute atomic E-state index is 0.574. The first kappa shape index (κ1) is 40.7. The normalized spacial score (nSPS) is 11.4. The first-order valence-corrected chi connectivity index (χ1v) is 23.5. The average molecular weight is 889 g/mol. The second-order valence-electron chi connectivity index (χ2n) is 17.9. The lowest BCUT2D eigenvalue weighted by molar-refractivity contribution is 1.07. The van der Waals surface area contributed by atoms with Crippen molar-refractivity contribution in [2.45, 2.75) is 0 Å². The summed E-state index contributed by atoms with van der Waals surface area (Å²) in [4.78, 5) is 15.1. The van der Waals surface area contributed by atoms with Crippen LogP contribution in [0.1, 0.15) is 5.56 Å². The number of nitrogens with zero attached hydrogens (tertiary/aromatic N) is 4. The van der Waals surface area contributed by atoms with Gasteiger partial charge in [0.15, 0.2) is 17.5 Å². The maximum Gasteiger partial charge on any atom is 0.164 e. The highest BCUT2D eigenvalue weighted by Gasteiger charge is 2.22. The van der Waals surface area contributed by atoms with Gasteiger partial charge in [-0.05, 0) is 130 Å². The van der Waals surface area contributed by atoms with Crippen LogP contribution in [-0.2, 0) is 0 Å². The van der Waals surface area contributed by atoms with Gasteiger partial charge in [0.1, 0.15) is 0 Å². The Kier molecular flexibility index (Phi) is 9.85. The van der Waals surface area contributed by atoms with Crippen molar-refractivity contribution < 1.29 is 0 Å². The molecule has 12 aromatic rings. The van der Waals surface area contributed by atoms with E-state index in [2.05, 4.69) is 188 Å². The van der Waals surface area contributed by atoms with Crippen molar-refractivity contribution >= 4 is 21.5 Å². The molecule has 1 aromatic heterocycles. The van der Waals surface area contributed by atoms with Crippen LogP contribution in [0.5, 0.6) is 0 Å². The fraction of sp³-hybridized carbons (Fsp3) is 0. The van der Waals surface area contributed by atoms with Crippen molar-refractivity contribution in [3.05, 3.63) is 248 Å². The minimum atomic E-state index is 0.574. The summed E-state index contributed by atoms with van der Waals surface area (Å²) in [5.41, 5.74) is 19.2. The first-order chi connectivity index (χ1) is 34.6. The van der Waals surface area contributed by atoms with E-state index >= 15 is 0 Å². The Morgan fingerprint density at radius 1 is 0.243 bits per heavy atom. The molecule has 0 saturated heterocycles. The van der Waals surface area contributed by atoms with Gasteiger partial charge in [-0.25, -0.2) is 15.0 Å². The smallest absolute Gasteiger partial charge is 0.164 e. The number of benzene rings is 11. The quantitative estimate of drug-likeness (QED) is 0.152. The molecule has 0 bridgehead atoms. The SMILES string of the molecule is N#Cc1cc(-c2cccc(-c3ccc(-c4ccc5c(c4)-c4cccc6cccc-5c46)cc3)c2)ccc1-c1ccc(-c2nc(-c3ccccc3)nc(-c3cccc(-c4ccc5ccccc5c4)c3)n2)cc1. The van der Waals surface area contributed by atoms with Gasteiger partial charge in [-0.1, -0.05) is 212 Å². The summed E-state index contributed by atoms with van der Waals surface area (Å²) in [7, 11) is 0. The Balaban J connectivity index is 0.770. The van der Waals surface area contributed by atoms with Crippen LogP contribution in [0.15, 0.2) is 243 Å². The lowest BCUT2D eigenvalue weighted by atomic mass is 9.93. The van der Waals surface area contributed by atoms with Crippen LogP contribution in [0.25, 0.3) is 134 Å². The third-order valence-corrected chi connectivity index (χ3v) is 13.7. The van der Waals surface area contributed by atoms with Crippen molar-refractivity contribution in [1.82, 2.24) is 15.0 Å². The fourth-order valence-electron chi connectivity index (χ4n) is 10.1. The summed E-state index contributed by atoms with van der Waals surface area (Å²) in [5, 5.41) is 15.5. The summed E-state index contributed by atoms with van der Waals surface area (Å²) >= 11 is 0. The fourth-order valence-corrected chi connectivity index (χ4v) is 10.1. The molecule has 0 saturated carbocycles. The predicted octanol–water partition coefficient (Wildman–Crippen LogP) is 17.0. The minimum Gasteiger partial charge on any atom is -0.208 e. The molecule has 324 valence electrons. The monoisotopic (exact) mass is 888 g/mol. The van der Waals surface area contributed by atoms with E-state index in [9.17, 15) is 5.26 Å². The number of aromatic nitrogens is 3. The highest BCUT2D eigenvalue weighted by molar-refractivity contribution is 6.15.